The van der Waals surface area contributed by atoms with E-state index in [0.717, 1.165) is 24.6 Å². The zero-order valence-electron chi connectivity index (χ0n) is 13.1. The molecule has 0 amide bonds. The lowest BCUT2D eigenvalue weighted by Crippen LogP contribution is -2.59. The predicted molar refractivity (Wildman–Crippen MR) is 80.1 cm³/mol. The fourth-order valence-corrected chi connectivity index (χ4v) is 3.64. The first-order chi connectivity index (χ1) is 9.39. The molecule has 1 saturated carbocycles. The van der Waals surface area contributed by atoms with Gasteiger partial charge in [-0.3, -0.25) is 0 Å². The predicted octanol–water partition coefficient (Wildman–Crippen LogP) is 3.02. The van der Waals surface area contributed by atoms with Gasteiger partial charge in [-0.1, -0.05) is 12.8 Å². The fourth-order valence-electron chi connectivity index (χ4n) is 3.64. The number of hydrogen-bond donors (Lipinski definition) is 0. The van der Waals surface area contributed by atoms with E-state index in [1.54, 1.807) is 0 Å². The molecule has 20 heavy (non-hydrogen) atoms. The number of aryl methyl sites for hydroxylation is 2. The highest BCUT2D eigenvalue weighted by molar-refractivity contribution is 5.42. The van der Waals surface area contributed by atoms with Gasteiger partial charge in [-0.25, -0.2) is 0 Å². The second-order valence-corrected chi connectivity index (χ2v) is 7.08. The van der Waals surface area contributed by atoms with Crippen molar-refractivity contribution >= 4 is 5.82 Å². The number of morpholine rings is 1. The summed E-state index contributed by atoms with van der Waals surface area (Å²) in [4.78, 5) is 2.37. The normalized spacial score (nSPS) is 24.3. The third-order valence-electron chi connectivity index (χ3n) is 4.60. The van der Waals surface area contributed by atoms with Gasteiger partial charge in [-0.2, -0.15) is 5.10 Å². The quantitative estimate of drug-likeness (QED) is 0.789. The Morgan fingerprint density at radius 2 is 1.80 bits per heavy atom. The SMILES string of the molecule is Cc1cc(N2CC(C)(C)OC3(CCCC3)C2)nnc1C. The van der Waals surface area contributed by atoms with Crippen molar-refractivity contribution in [2.24, 2.45) is 0 Å². The lowest BCUT2D eigenvalue weighted by atomic mass is 9.94. The van der Waals surface area contributed by atoms with E-state index in [0.29, 0.717) is 0 Å². The first-order valence-electron chi connectivity index (χ1n) is 7.65. The zero-order valence-corrected chi connectivity index (χ0v) is 13.1. The summed E-state index contributed by atoms with van der Waals surface area (Å²) in [7, 11) is 0. The van der Waals surface area contributed by atoms with Crippen molar-refractivity contribution in [1.82, 2.24) is 10.2 Å². The minimum Gasteiger partial charge on any atom is -0.365 e. The molecule has 2 fully saturated rings. The minimum absolute atomic E-state index is 0.0300. The summed E-state index contributed by atoms with van der Waals surface area (Å²) < 4.78 is 6.44. The lowest BCUT2D eigenvalue weighted by Gasteiger charge is -2.49. The van der Waals surface area contributed by atoms with Gasteiger partial charge in [0.05, 0.1) is 16.9 Å². The minimum atomic E-state index is -0.122. The van der Waals surface area contributed by atoms with E-state index < -0.39 is 0 Å². The maximum atomic E-state index is 6.44. The van der Waals surface area contributed by atoms with Crippen LogP contribution in [0, 0.1) is 13.8 Å². The van der Waals surface area contributed by atoms with Crippen LogP contribution >= 0.6 is 0 Å². The van der Waals surface area contributed by atoms with E-state index >= 15 is 0 Å². The van der Waals surface area contributed by atoms with Crippen LogP contribution in [0.15, 0.2) is 6.07 Å². The molecule has 1 aliphatic carbocycles. The van der Waals surface area contributed by atoms with E-state index in [2.05, 4.69) is 41.9 Å². The number of rotatable bonds is 1. The molecule has 3 rings (SSSR count). The molecule has 0 atom stereocenters. The van der Waals surface area contributed by atoms with Gasteiger partial charge in [0.1, 0.15) is 0 Å². The van der Waals surface area contributed by atoms with Crippen LogP contribution in [-0.4, -0.2) is 34.5 Å². The molecule has 1 aliphatic heterocycles. The van der Waals surface area contributed by atoms with Crippen LogP contribution in [0.5, 0.6) is 0 Å². The van der Waals surface area contributed by atoms with Gasteiger partial charge in [-0.05, 0) is 52.2 Å². The topological polar surface area (TPSA) is 38.2 Å². The third kappa shape index (κ3) is 2.53. The van der Waals surface area contributed by atoms with E-state index in [9.17, 15) is 0 Å². The Kier molecular flexibility index (Phi) is 3.24. The molecule has 4 heteroatoms. The molecule has 110 valence electrons. The Morgan fingerprint density at radius 3 is 2.45 bits per heavy atom. The maximum Gasteiger partial charge on any atom is 0.151 e. The molecular weight excluding hydrogens is 250 g/mol. The molecule has 0 N–H and O–H groups in total. The molecule has 1 saturated heterocycles. The number of aromatic nitrogens is 2. The van der Waals surface area contributed by atoms with Crippen LogP contribution in [0.1, 0.15) is 50.8 Å². The molecule has 1 aromatic heterocycles. The van der Waals surface area contributed by atoms with Gasteiger partial charge in [0.15, 0.2) is 5.82 Å². The van der Waals surface area contributed by atoms with E-state index in [1.807, 2.05) is 6.92 Å². The van der Waals surface area contributed by atoms with Gasteiger partial charge in [0, 0.05) is 13.1 Å². The average molecular weight is 275 g/mol. The number of ether oxygens (including phenoxy) is 1. The van der Waals surface area contributed by atoms with Gasteiger partial charge in [-0.15, -0.1) is 5.10 Å². The first-order valence-corrected chi connectivity index (χ1v) is 7.65. The molecule has 2 heterocycles. The molecule has 0 aromatic carbocycles. The van der Waals surface area contributed by atoms with Gasteiger partial charge >= 0.3 is 0 Å². The molecule has 0 unspecified atom stereocenters. The van der Waals surface area contributed by atoms with Crippen molar-refractivity contribution < 1.29 is 4.74 Å². The molecule has 2 aliphatic rings. The molecular formula is C16H25N3O. The van der Waals surface area contributed by atoms with Gasteiger partial charge in [0.2, 0.25) is 0 Å². The fraction of sp³-hybridized carbons (Fsp3) is 0.750. The Labute approximate surface area is 121 Å². The first kappa shape index (κ1) is 13.8. The lowest BCUT2D eigenvalue weighted by molar-refractivity contribution is -0.148. The summed E-state index contributed by atoms with van der Waals surface area (Å²) in [5.41, 5.74) is 2.13. The van der Waals surface area contributed by atoms with E-state index in [-0.39, 0.29) is 11.2 Å². The Hall–Kier alpha value is -1.16. The monoisotopic (exact) mass is 275 g/mol. The molecule has 1 aromatic rings. The summed E-state index contributed by atoms with van der Waals surface area (Å²) >= 11 is 0. The van der Waals surface area contributed by atoms with Crippen molar-refractivity contribution in [3.8, 4) is 0 Å². The summed E-state index contributed by atoms with van der Waals surface area (Å²) in [6.07, 6.45) is 4.90. The van der Waals surface area contributed by atoms with Crippen LogP contribution < -0.4 is 4.90 Å². The summed E-state index contributed by atoms with van der Waals surface area (Å²) in [6, 6.07) is 2.16. The summed E-state index contributed by atoms with van der Waals surface area (Å²) in [5.74, 6) is 0.996. The number of hydrogen-bond acceptors (Lipinski definition) is 4. The van der Waals surface area contributed by atoms with Crippen molar-refractivity contribution in [3.63, 3.8) is 0 Å². The van der Waals surface area contributed by atoms with Crippen molar-refractivity contribution in [1.29, 1.82) is 0 Å². The van der Waals surface area contributed by atoms with Gasteiger partial charge in [0.25, 0.3) is 0 Å². The highest BCUT2D eigenvalue weighted by atomic mass is 16.5. The Balaban J connectivity index is 1.90. The molecule has 1 spiro atoms. The highest BCUT2D eigenvalue weighted by Gasteiger charge is 2.46. The summed E-state index contributed by atoms with van der Waals surface area (Å²) in [5, 5.41) is 8.69. The standard InChI is InChI=1S/C16H25N3O/c1-12-9-14(18-17-13(12)2)19-10-15(3,4)20-16(11-19)7-5-6-8-16/h9H,5-8,10-11H2,1-4H3. The van der Waals surface area contributed by atoms with Gasteiger partial charge < -0.3 is 9.64 Å². The smallest absolute Gasteiger partial charge is 0.151 e. The average Bonchev–Trinajstić information content (AvgIpc) is 2.78. The molecule has 4 nitrogen and oxygen atoms in total. The molecule has 0 radical (unpaired) electrons. The van der Waals surface area contributed by atoms with Crippen LogP contribution in [0.2, 0.25) is 0 Å². The second-order valence-electron chi connectivity index (χ2n) is 7.08. The van der Waals surface area contributed by atoms with Crippen LogP contribution in [0.4, 0.5) is 5.82 Å². The Bertz CT molecular complexity index is 506. The van der Waals surface area contributed by atoms with Crippen LogP contribution in [-0.2, 0) is 4.74 Å². The summed E-state index contributed by atoms with van der Waals surface area (Å²) in [6.45, 7) is 10.3. The second kappa shape index (κ2) is 4.69. The van der Waals surface area contributed by atoms with E-state index in [1.165, 1.54) is 31.2 Å². The van der Waals surface area contributed by atoms with Crippen LogP contribution in [0.25, 0.3) is 0 Å². The highest BCUT2D eigenvalue weighted by Crippen LogP contribution is 2.41. The number of nitrogens with zero attached hydrogens (tertiary/aromatic N) is 3. The largest absolute Gasteiger partial charge is 0.365 e. The van der Waals surface area contributed by atoms with Crippen molar-refractivity contribution in [2.45, 2.75) is 64.6 Å². The van der Waals surface area contributed by atoms with Crippen molar-refractivity contribution in [3.05, 3.63) is 17.3 Å². The maximum absolute atomic E-state index is 6.44. The third-order valence-corrected chi connectivity index (χ3v) is 4.60. The molecule has 0 bridgehead atoms. The van der Waals surface area contributed by atoms with Crippen LogP contribution in [0.3, 0.4) is 0 Å². The van der Waals surface area contributed by atoms with E-state index in [4.69, 9.17) is 4.74 Å². The number of anilines is 1. The zero-order chi connectivity index (χ0) is 14.4. The Morgan fingerprint density at radius 1 is 1.10 bits per heavy atom. The van der Waals surface area contributed by atoms with Crippen molar-refractivity contribution in [2.75, 3.05) is 18.0 Å².